The molecule has 166 valence electrons. The van der Waals surface area contributed by atoms with E-state index in [1.54, 1.807) is 0 Å². The Kier molecular flexibility index (Phi) is 6.97. The van der Waals surface area contributed by atoms with Crippen molar-refractivity contribution < 1.29 is 27.1 Å². The molecule has 0 aliphatic heterocycles. The molecule has 1 aliphatic rings. The van der Waals surface area contributed by atoms with E-state index in [4.69, 9.17) is 4.74 Å². The average Bonchev–Trinajstić information content (AvgIpc) is 2.74. The van der Waals surface area contributed by atoms with Crippen LogP contribution in [0.15, 0.2) is 42.8 Å². The molecule has 0 bridgehead atoms. The van der Waals surface area contributed by atoms with Gasteiger partial charge in [-0.15, -0.1) is 0 Å². The number of hydrogen-bond donors (Lipinski definition) is 1. The Morgan fingerprint density at radius 3 is 2.58 bits per heavy atom. The molecule has 0 radical (unpaired) electrons. The van der Waals surface area contributed by atoms with Gasteiger partial charge in [0.15, 0.2) is 0 Å². The maximum Gasteiger partial charge on any atom is 0.248 e. The zero-order chi connectivity index (χ0) is 22.6. The molecule has 0 atom stereocenters. The van der Waals surface area contributed by atoms with E-state index in [9.17, 15) is 22.4 Å². The first-order valence-electron chi connectivity index (χ1n) is 10.0. The first-order chi connectivity index (χ1) is 14.7. The molecule has 1 N–H and O–H groups in total. The molecule has 1 fully saturated rings. The fourth-order valence-corrected chi connectivity index (χ4v) is 3.72. The van der Waals surface area contributed by atoms with Crippen LogP contribution in [-0.2, 0) is 9.53 Å². The molecule has 4 nitrogen and oxygen atoms in total. The Morgan fingerprint density at radius 1 is 1.19 bits per heavy atom. The summed E-state index contributed by atoms with van der Waals surface area (Å²) < 4.78 is 60.6. The Balaban J connectivity index is 1.99. The van der Waals surface area contributed by atoms with Gasteiger partial charge in [0.1, 0.15) is 11.6 Å². The number of ether oxygens (including phenoxy) is 1. The second-order valence-electron chi connectivity index (χ2n) is 7.66. The summed E-state index contributed by atoms with van der Waals surface area (Å²) in [5.74, 6) is -4.34. The number of rotatable bonds is 7. The molecule has 0 unspecified atom stereocenters. The van der Waals surface area contributed by atoms with E-state index < -0.39 is 23.5 Å². The van der Waals surface area contributed by atoms with Crippen molar-refractivity contribution in [2.45, 2.75) is 50.4 Å². The van der Waals surface area contributed by atoms with E-state index in [0.717, 1.165) is 18.2 Å². The van der Waals surface area contributed by atoms with E-state index in [0.29, 0.717) is 11.5 Å². The molecule has 2 aromatic rings. The van der Waals surface area contributed by atoms with Gasteiger partial charge in [-0.25, -0.2) is 17.6 Å². The largest absolute Gasteiger partial charge is 0.502 e. The number of aromatic nitrogens is 1. The van der Waals surface area contributed by atoms with Gasteiger partial charge in [0.2, 0.25) is 11.8 Å². The molecule has 1 aliphatic carbocycles. The van der Waals surface area contributed by atoms with Crippen LogP contribution in [0, 0.1) is 11.6 Å². The predicted molar refractivity (Wildman–Crippen MR) is 110 cm³/mol. The Hall–Kier alpha value is -2.90. The first kappa shape index (κ1) is 22.8. The molecule has 3 rings (SSSR count). The van der Waals surface area contributed by atoms with Gasteiger partial charge in [-0.2, -0.15) is 0 Å². The Morgan fingerprint density at radius 2 is 1.90 bits per heavy atom. The third-order valence-electron chi connectivity index (χ3n) is 5.49. The highest BCUT2D eigenvalue weighted by atomic mass is 19.3. The number of anilines is 1. The van der Waals surface area contributed by atoms with Crippen LogP contribution in [0.2, 0.25) is 0 Å². The van der Waals surface area contributed by atoms with Crippen LogP contribution in [0.4, 0.5) is 23.2 Å². The van der Waals surface area contributed by atoms with E-state index >= 15 is 0 Å². The van der Waals surface area contributed by atoms with Crippen LogP contribution in [-0.4, -0.2) is 23.9 Å². The minimum Gasteiger partial charge on any atom is -0.502 e. The second-order valence-corrected chi connectivity index (χ2v) is 7.66. The van der Waals surface area contributed by atoms with Gasteiger partial charge in [-0.05, 0) is 37.1 Å². The van der Waals surface area contributed by atoms with Crippen LogP contribution >= 0.6 is 0 Å². The maximum atomic E-state index is 14.5. The van der Waals surface area contributed by atoms with Crippen molar-refractivity contribution in [1.82, 2.24) is 4.98 Å². The molecule has 1 aromatic carbocycles. The van der Waals surface area contributed by atoms with E-state index in [-0.39, 0.29) is 61.3 Å². The average molecular weight is 436 g/mol. The summed E-state index contributed by atoms with van der Waals surface area (Å²) in [6.07, 6.45) is 1.52. The van der Waals surface area contributed by atoms with Crippen molar-refractivity contribution in [1.29, 1.82) is 0 Å². The molecule has 1 amide bonds. The maximum absolute atomic E-state index is 14.5. The van der Waals surface area contributed by atoms with E-state index in [2.05, 4.69) is 16.9 Å². The number of carbonyl (C=O) groups excluding carboxylic acids is 1. The second kappa shape index (κ2) is 9.49. The molecule has 1 heterocycles. The SMILES string of the molecule is C=C(CCC(=O)Nc1c(-c2cc(F)ccc2F)ccnc1C1CCC(F)(F)CC1)OC. The van der Waals surface area contributed by atoms with Crippen LogP contribution < -0.4 is 5.32 Å². The van der Waals surface area contributed by atoms with Gasteiger partial charge in [-0.3, -0.25) is 9.78 Å². The van der Waals surface area contributed by atoms with Crippen molar-refractivity contribution in [3.63, 3.8) is 0 Å². The summed E-state index contributed by atoms with van der Waals surface area (Å²) in [6.45, 7) is 3.67. The Labute approximate surface area is 178 Å². The van der Waals surface area contributed by atoms with Gasteiger partial charge >= 0.3 is 0 Å². The lowest BCUT2D eigenvalue weighted by atomic mass is 9.83. The quantitative estimate of drug-likeness (QED) is 0.415. The van der Waals surface area contributed by atoms with Crippen LogP contribution in [0.25, 0.3) is 11.1 Å². The first-order valence-corrected chi connectivity index (χ1v) is 10.0. The summed E-state index contributed by atoms with van der Waals surface area (Å²) in [5.41, 5.74) is 0.825. The summed E-state index contributed by atoms with van der Waals surface area (Å²) in [6, 6.07) is 4.51. The van der Waals surface area contributed by atoms with Crippen LogP contribution in [0.1, 0.15) is 50.1 Å². The van der Waals surface area contributed by atoms with Gasteiger partial charge in [-0.1, -0.05) is 6.58 Å². The molecule has 8 heteroatoms. The number of pyridine rings is 1. The molecule has 31 heavy (non-hydrogen) atoms. The summed E-state index contributed by atoms with van der Waals surface area (Å²) in [5, 5.41) is 2.75. The lowest BCUT2D eigenvalue weighted by molar-refractivity contribution is -0.116. The van der Waals surface area contributed by atoms with E-state index in [1.165, 1.54) is 19.4 Å². The number of benzene rings is 1. The van der Waals surface area contributed by atoms with Crippen molar-refractivity contribution in [2.24, 2.45) is 0 Å². The number of methoxy groups -OCH3 is 1. The topological polar surface area (TPSA) is 51.2 Å². The highest BCUT2D eigenvalue weighted by Crippen LogP contribution is 2.44. The zero-order valence-corrected chi connectivity index (χ0v) is 17.2. The number of allylic oxidation sites excluding steroid dienone is 1. The number of alkyl halides is 2. The fourth-order valence-electron chi connectivity index (χ4n) is 3.72. The fraction of sp³-hybridized carbons (Fsp3) is 0.391. The minimum absolute atomic E-state index is 0.0404. The number of amides is 1. The van der Waals surface area contributed by atoms with Gasteiger partial charge < -0.3 is 10.1 Å². The summed E-state index contributed by atoms with van der Waals surface area (Å²) in [7, 11) is 1.45. The highest BCUT2D eigenvalue weighted by Gasteiger charge is 2.37. The third kappa shape index (κ3) is 5.62. The van der Waals surface area contributed by atoms with Crippen molar-refractivity contribution in [3.05, 3.63) is 60.1 Å². The molecule has 1 saturated carbocycles. The van der Waals surface area contributed by atoms with Crippen LogP contribution in [0.5, 0.6) is 0 Å². The molecule has 1 aromatic heterocycles. The Bertz CT molecular complexity index is 968. The summed E-state index contributed by atoms with van der Waals surface area (Å²) >= 11 is 0. The number of nitrogens with zero attached hydrogens (tertiary/aromatic N) is 1. The lowest BCUT2D eigenvalue weighted by Gasteiger charge is -2.29. The van der Waals surface area contributed by atoms with Crippen molar-refractivity contribution >= 4 is 11.6 Å². The van der Waals surface area contributed by atoms with Crippen LogP contribution in [0.3, 0.4) is 0 Å². The van der Waals surface area contributed by atoms with E-state index in [1.807, 2.05) is 0 Å². The highest BCUT2D eigenvalue weighted by molar-refractivity contribution is 5.96. The van der Waals surface area contributed by atoms with Gasteiger partial charge in [0, 0.05) is 48.9 Å². The predicted octanol–water partition coefficient (Wildman–Crippen LogP) is 6.20. The number of nitrogens with one attached hydrogen (secondary N) is 1. The van der Waals surface area contributed by atoms with Crippen molar-refractivity contribution in [3.8, 4) is 11.1 Å². The van der Waals surface area contributed by atoms with Gasteiger partial charge in [0.05, 0.1) is 24.3 Å². The number of carbonyl (C=O) groups is 1. The summed E-state index contributed by atoms with van der Waals surface area (Å²) in [4.78, 5) is 16.9. The lowest BCUT2D eigenvalue weighted by Crippen LogP contribution is -2.25. The van der Waals surface area contributed by atoms with Crippen molar-refractivity contribution in [2.75, 3.05) is 12.4 Å². The zero-order valence-electron chi connectivity index (χ0n) is 17.2. The normalized spacial score (nSPS) is 16.0. The van der Waals surface area contributed by atoms with Gasteiger partial charge in [0.25, 0.3) is 0 Å². The smallest absolute Gasteiger partial charge is 0.248 e. The number of halogens is 4. The third-order valence-corrected chi connectivity index (χ3v) is 5.49. The number of hydrogen-bond acceptors (Lipinski definition) is 3. The monoisotopic (exact) mass is 436 g/mol. The molecular weight excluding hydrogens is 412 g/mol. The molecular formula is C23H24F4N2O2. The molecule has 0 saturated heterocycles. The standard InChI is InChI=1S/C23H24F4N2O2/c1-14(31-2)3-6-20(30)29-22-17(18-13-16(24)4-5-19(18)25)9-12-28-21(22)15-7-10-23(26,27)11-8-15/h4-5,9,12-13,15H,1,3,6-8,10-11H2,2H3,(H,29,30). The molecule has 0 spiro atoms. The minimum atomic E-state index is -2.73.